The molecule has 1 heterocycles. The average Bonchev–Trinajstić information content (AvgIpc) is 2.25. The van der Waals surface area contributed by atoms with Gasteiger partial charge in [0.05, 0.1) is 12.7 Å². The minimum Gasteiger partial charge on any atom is -0.395 e. The summed E-state index contributed by atoms with van der Waals surface area (Å²) in [4.78, 5) is 0. The third kappa shape index (κ3) is 4.04. The zero-order valence-electron chi connectivity index (χ0n) is 11.1. The molecule has 0 spiro atoms. The fourth-order valence-corrected chi connectivity index (χ4v) is 2.20. The van der Waals surface area contributed by atoms with Crippen LogP contribution < -0.4 is 5.32 Å². The second-order valence-corrected chi connectivity index (χ2v) is 5.57. The molecular formula is C13H27NO2. The number of rotatable bonds is 5. The van der Waals surface area contributed by atoms with E-state index in [1.807, 2.05) is 0 Å². The minimum atomic E-state index is 0.218. The van der Waals surface area contributed by atoms with Gasteiger partial charge in [-0.1, -0.05) is 27.7 Å². The highest BCUT2D eigenvalue weighted by Crippen LogP contribution is 2.21. The maximum atomic E-state index is 9.31. The molecule has 3 heteroatoms. The van der Waals surface area contributed by atoms with E-state index < -0.39 is 0 Å². The number of aliphatic hydroxyl groups excluding tert-OH is 1. The van der Waals surface area contributed by atoms with Gasteiger partial charge in [0.2, 0.25) is 0 Å². The third-order valence-corrected chi connectivity index (χ3v) is 3.51. The van der Waals surface area contributed by atoms with Gasteiger partial charge in [0.15, 0.2) is 0 Å². The van der Waals surface area contributed by atoms with Gasteiger partial charge < -0.3 is 15.2 Å². The van der Waals surface area contributed by atoms with Crippen LogP contribution >= 0.6 is 0 Å². The first-order chi connectivity index (χ1) is 7.54. The van der Waals surface area contributed by atoms with E-state index in [2.05, 4.69) is 33.0 Å². The molecule has 0 saturated carbocycles. The Bertz CT molecular complexity index is 194. The molecule has 96 valence electrons. The van der Waals surface area contributed by atoms with Crippen LogP contribution in [0.4, 0.5) is 0 Å². The predicted octanol–water partition coefficient (Wildman–Crippen LogP) is 1.80. The van der Waals surface area contributed by atoms with Gasteiger partial charge in [0.1, 0.15) is 0 Å². The largest absolute Gasteiger partial charge is 0.395 e. The van der Waals surface area contributed by atoms with Gasteiger partial charge in [-0.15, -0.1) is 0 Å². The van der Waals surface area contributed by atoms with E-state index in [9.17, 15) is 5.11 Å². The molecule has 3 nitrogen and oxygen atoms in total. The molecule has 1 aliphatic heterocycles. The Kier molecular flexibility index (Phi) is 5.73. The molecule has 0 radical (unpaired) electrons. The Balaban J connectivity index is 2.41. The summed E-state index contributed by atoms with van der Waals surface area (Å²) in [6.45, 7) is 9.77. The lowest BCUT2D eigenvalue weighted by Gasteiger charge is -2.35. The van der Waals surface area contributed by atoms with Crippen LogP contribution in [0.25, 0.3) is 0 Å². The molecule has 0 bridgehead atoms. The molecule has 1 rings (SSSR count). The fraction of sp³-hybridized carbons (Fsp3) is 1.00. The standard InChI is InChI=1S/C13H27NO2/c1-9(2)12(8-15)14-11-5-6-16-13(7-11)10(3)4/h9-15H,5-8H2,1-4H3. The van der Waals surface area contributed by atoms with Gasteiger partial charge in [-0.25, -0.2) is 0 Å². The molecule has 3 atom stereocenters. The van der Waals surface area contributed by atoms with Crippen molar-refractivity contribution in [3.05, 3.63) is 0 Å². The van der Waals surface area contributed by atoms with Gasteiger partial charge in [0.25, 0.3) is 0 Å². The summed E-state index contributed by atoms with van der Waals surface area (Å²) in [5, 5.41) is 12.9. The Hall–Kier alpha value is -0.120. The summed E-state index contributed by atoms with van der Waals surface area (Å²) in [6.07, 6.45) is 2.51. The minimum absolute atomic E-state index is 0.218. The van der Waals surface area contributed by atoms with E-state index in [0.717, 1.165) is 19.4 Å². The zero-order chi connectivity index (χ0) is 12.1. The van der Waals surface area contributed by atoms with Crippen molar-refractivity contribution in [2.75, 3.05) is 13.2 Å². The van der Waals surface area contributed by atoms with Crippen molar-refractivity contribution >= 4 is 0 Å². The first-order valence-corrected chi connectivity index (χ1v) is 6.53. The molecule has 0 amide bonds. The highest BCUT2D eigenvalue weighted by Gasteiger charge is 2.26. The van der Waals surface area contributed by atoms with E-state index in [0.29, 0.717) is 24.0 Å². The third-order valence-electron chi connectivity index (χ3n) is 3.51. The van der Waals surface area contributed by atoms with Crippen LogP contribution in [0.2, 0.25) is 0 Å². The molecule has 3 unspecified atom stereocenters. The number of nitrogens with one attached hydrogen (secondary N) is 1. The number of hydrogen-bond acceptors (Lipinski definition) is 3. The number of hydrogen-bond donors (Lipinski definition) is 2. The molecule has 1 saturated heterocycles. The van der Waals surface area contributed by atoms with Gasteiger partial charge in [-0.2, -0.15) is 0 Å². The van der Waals surface area contributed by atoms with Crippen LogP contribution in [0.15, 0.2) is 0 Å². The number of ether oxygens (including phenoxy) is 1. The summed E-state index contributed by atoms with van der Waals surface area (Å²) in [6, 6.07) is 0.719. The van der Waals surface area contributed by atoms with Gasteiger partial charge in [0, 0.05) is 18.7 Å². The lowest BCUT2D eigenvalue weighted by Crippen LogP contribution is -2.48. The molecule has 0 aromatic carbocycles. The van der Waals surface area contributed by atoms with Crippen LogP contribution in [-0.2, 0) is 4.74 Å². The van der Waals surface area contributed by atoms with Crippen LogP contribution in [0.5, 0.6) is 0 Å². The monoisotopic (exact) mass is 229 g/mol. The van der Waals surface area contributed by atoms with Crippen molar-refractivity contribution in [2.45, 2.75) is 58.7 Å². The lowest BCUT2D eigenvalue weighted by molar-refractivity contribution is -0.0279. The predicted molar refractivity (Wildman–Crippen MR) is 66.4 cm³/mol. The molecule has 0 aliphatic carbocycles. The second-order valence-electron chi connectivity index (χ2n) is 5.57. The lowest BCUT2D eigenvalue weighted by atomic mass is 9.94. The summed E-state index contributed by atoms with van der Waals surface area (Å²) < 4.78 is 5.74. The van der Waals surface area contributed by atoms with E-state index in [1.54, 1.807) is 0 Å². The Morgan fingerprint density at radius 1 is 1.31 bits per heavy atom. The van der Waals surface area contributed by atoms with Crippen LogP contribution in [0, 0.1) is 11.8 Å². The molecule has 1 aliphatic rings. The van der Waals surface area contributed by atoms with Crippen molar-refractivity contribution in [3.8, 4) is 0 Å². The van der Waals surface area contributed by atoms with Crippen LogP contribution in [-0.4, -0.2) is 36.5 Å². The number of aliphatic hydroxyl groups is 1. The van der Waals surface area contributed by atoms with E-state index >= 15 is 0 Å². The molecule has 0 aromatic heterocycles. The average molecular weight is 229 g/mol. The van der Waals surface area contributed by atoms with E-state index in [1.165, 1.54) is 0 Å². The first-order valence-electron chi connectivity index (χ1n) is 6.53. The fourth-order valence-electron chi connectivity index (χ4n) is 2.20. The van der Waals surface area contributed by atoms with Crippen molar-refractivity contribution in [3.63, 3.8) is 0 Å². The normalized spacial score (nSPS) is 28.7. The second kappa shape index (κ2) is 6.58. The summed E-state index contributed by atoms with van der Waals surface area (Å²) >= 11 is 0. The van der Waals surface area contributed by atoms with Gasteiger partial charge in [-0.3, -0.25) is 0 Å². The molecule has 2 N–H and O–H groups in total. The van der Waals surface area contributed by atoms with Crippen LogP contribution in [0.1, 0.15) is 40.5 Å². The molecule has 1 fully saturated rings. The van der Waals surface area contributed by atoms with Crippen molar-refractivity contribution in [2.24, 2.45) is 11.8 Å². The van der Waals surface area contributed by atoms with Gasteiger partial charge in [-0.05, 0) is 24.7 Å². The van der Waals surface area contributed by atoms with Crippen molar-refractivity contribution < 1.29 is 9.84 Å². The van der Waals surface area contributed by atoms with E-state index in [4.69, 9.17) is 4.74 Å². The van der Waals surface area contributed by atoms with Crippen molar-refractivity contribution in [1.29, 1.82) is 0 Å². The summed E-state index contributed by atoms with van der Waals surface area (Å²) in [7, 11) is 0. The Labute approximate surface area is 99.6 Å². The maximum Gasteiger partial charge on any atom is 0.0612 e. The topological polar surface area (TPSA) is 41.5 Å². The highest BCUT2D eigenvalue weighted by atomic mass is 16.5. The Morgan fingerprint density at radius 2 is 2.00 bits per heavy atom. The SMILES string of the molecule is CC(C)C(CO)NC1CCOC(C(C)C)C1. The highest BCUT2D eigenvalue weighted by molar-refractivity contribution is 4.82. The summed E-state index contributed by atoms with van der Waals surface area (Å²) in [5.41, 5.74) is 0. The van der Waals surface area contributed by atoms with Gasteiger partial charge >= 0.3 is 0 Å². The zero-order valence-corrected chi connectivity index (χ0v) is 11.1. The molecule has 16 heavy (non-hydrogen) atoms. The smallest absolute Gasteiger partial charge is 0.0612 e. The molecular weight excluding hydrogens is 202 g/mol. The quantitative estimate of drug-likeness (QED) is 0.755. The maximum absolute atomic E-state index is 9.31. The van der Waals surface area contributed by atoms with Crippen molar-refractivity contribution in [1.82, 2.24) is 5.32 Å². The Morgan fingerprint density at radius 3 is 2.50 bits per heavy atom. The summed E-state index contributed by atoms with van der Waals surface area (Å²) in [5.74, 6) is 1.06. The van der Waals surface area contributed by atoms with E-state index in [-0.39, 0.29) is 12.6 Å². The first kappa shape index (κ1) is 13.9. The van der Waals surface area contributed by atoms with Crippen LogP contribution in [0.3, 0.4) is 0 Å². The molecule has 0 aromatic rings.